The van der Waals surface area contributed by atoms with E-state index in [2.05, 4.69) is 10.2 Å². The summed E-state index contributed by atoms with van der Waals surface area (Å²) >= 11 is 0. The molecule has 30 heavy (non-hydrogen) atoms. The highest BCUT2D eigenvalue weighted by atomic mass is 19.1. The lowest BCUT2D eigenvalue weighted by Gasteiger charge is -2.38. The SMILES string of the molecule is COC1=C(N2CC3NCCC[C@@H]3C2)C(C)(F)Cc2c1n(C1CC1)cc(C(=O)O)c2=O. The van der Waals surface area contributed by atoms with Crippen molar-refractivity contribution in [3.05, 3.63) is 38.9 Å². The molecule has 0 aromatic carbocycles. The summed E-state index contributed by atoms with van der Waals surface area (Å²) < 4.78 is 23.8. The minimum atomic E-state index is -1.82. The first kappa shape index (κ1) is 19.6. The van der Waals surface area contributed by atoms with Crippen LogP contribution in [-0.4, -0.2) is 59.0 Å². The summed E-state index contributed by atoms with van der Waals surface area (Å²) in [5, 5.41) is 13.1. The van der Waals surface area contributed by atoms with Gasteiger partial charge in [0.05, 0.1) is 18.5 Å². The van der Waals surface area contributed by atoms with Gasteiger partial charge in [-0.25, -0.2) is 9.18 Å². The van der Waals surface area contributed by atoms with Crippen molar-refractivity contribution >= 4 is 11.7 Å². The number of hydrogen-bond acceptors (Lipinski definition) is 5. The number of ether oxygens (including phenoxy) is 1. The Morgan fingerprint density at radius 2 is 2.10 bits per heavy atom. The van der Waals surface area contributed by atoms with Gasteiger partial charge in [0.1, 0.15) is 5.56 Å². The Labute approximate surface area is 174 Å². The van der Waals surface area contributed by atoms with Gasteiger partial charge in [0.2, 0.25) is 0 Å². The van der Waals surface area contributed by atoms with E-state index in [1.165, 1.54) is 20.2 Å². The van der Waals surface area contributed by atoms with E-state index in [0.29, 0.717) is 35.7 Å². The molecule has 3 fully saturated rings. The van der Waals surface area contributed by atoms with E-state index in [4.69, 9.17) is 4.74 Å². The lowest BCUT2D eigenvalue weighted by atomic mass is 9.85. The molecule has 0 bridgehead atoms. The van der Waals surface area contributed by atoms with E-state index in [1.54, 1.807) is 0 Å². The molecule has 2 aliphatic carbocycles. The van der Waals surface area contributed by atoms with Gasteiger partial charge in [-0.15, -0.1) is 0 Å². The maximum atomic E-state index is 16.1. The van der Waals surface area contributed by atoms with Crippen LogP contribution in [0.1, 0.15) is 60.3 Å². The van der Waals surface area contributed by atoms with Crippen LogP contribution in [-0.2, 0) is 11.2 Å². The number of allylic oxidation sites excluding steroid dienone is 1. The maximum absolute atomic E-state index is 16.1. The number of fused-ring (bicyclic) bond motifs is 2. The molecule has 1 saturated carbocycles. The highest BCUT2D eigenvalue weighted by molar-refractivity contribution is 5.88. The molecule has 2 unspecified atom stereocenters. The maximum Gasteiger partial charge on any atom is 0.341 e. The molecule has 162 valence electrons. The van der Waals surface area contributed by atoms with Crippen LogP contribution in [0.25, 0.3) is 5.76 Å². The quantitative estimate of drug-likeness (QED) is 0.781. The summed E-state index contributed by atoms with van der Waals surface area (Å²) in [6.45, 7) is 3.94. The molecule has 5 rings (SSSR count). The number of methoxy groups -OCH3 is 1. The minimum Gasteiger partial charge on any atom is -0.493 e. The number of aromatic carboxylic acids is 1. The molecule has 4 aliphatic rings. The monoisotopic (exact) mass is 417 g/mol. The highest BCUT2D eigenvalue weighted by Gasteiger charge is 2.48. The molecule has 2 saturated heterocycles. The molecule has 8 heteroatoms. The molecular weight excluding hydrogens is 389 g/mol. The summed E-state index contributed by atoms with van der Waals surface area (Å²) in [6, 6.07) is 0.456. The zero-order valence-electron chi connectivity index (χ0n) is 17.4. The molecule has 0 spiro atoms. The first-order chi connectivity index (χ1) is 14.3. The van der Waals surface area contributed by atoms with Crippen molar-refractivity contribution in [1.29, 1.82) is 0 Å². The van der Waals surface area contributed by atoms with Gasteiger partial charge in [0, 0.05) is 43.4 Å². The average Bonchev–Trinajstić information content (AvgIpc) is 3.45. The number of piperidine rings is 1. The Balaban J connectivity index is 1.70. The van der Waals surface area contributed by atoms with Crippen molar-refractivity contribution in [3.63, 3.8) is 0 Å². The fourth-order valence-corrected chi connectivity index (χ4v) is 5.56. The summed E-state index contributed by atoms with van der Waals surface area (Å²) in [4.78, 5) is 26.7. The first-order valence-corrected chi connectivity index (χ1v) is 10.8. The molecule has 0 amide bonds. The number of aromatic nitrogens is 1. The number of carbonyl (C=O) groups is 1. The van der Waals surface area contributed by atoms with Crippen molar-refractivity contribution < 1.29 is 19.0 Å². The number of halogens is 1. The van der Waals surface area contributed by atoms with Gasteiger partial charge in [-0.3, -0.25) is 4.79 Å². The average molecular weight is 417 g/mol. The number of hydrogen-bond donors (Lipinski definition) is 2. The van der Waals surface area contributed by atoms with Crippen LogP contribution in [0.15, 0.2) is 16.7 Å². The van der Waals surface area contributed by atoms with Gasteiger partial charge in [0.25, 0.3) is 0 Å². The van der Waals surface area contributed by atoms with Crippen LogP contribution in [0.5, 0.6) is 0 Å². The van der Waals surface area contributed by atoms with E-state index < -0.39 is 17.1 Å². The van der Waals surface area contributed by atoms with E-state index in [9.17, 15) is 14.7 Å². The lowest BCUT2D eigenvalue weighted by molar-refractivity contribution is 0.0693. The van der Waals surface area contributed by atoms with Crippen molar-refractivity contribution in [2.45, 2.75) is 56.8 Å². The standard InChI is InChI=1S/C22H28FN3O4/c1-22(23)8-14-17(26(13-5-6-13)10-15(18(14)27)21(28)29)19(30-2)20(22)25-9-12-4-3-7-24-16(12)11-25/h10,12-13,16,24H,3-9,11H2,1-2H3,(H,28,29)/t12-,16?,22?/m1/s1. The summed E-state index contributed by atoms with van der Waals surface area (Å²) in [5.41, 5.74) is -1.46. The summed E-state index contributed by atoms with van der Waals surface area (Å²) in [6.07, 6.45) is 5.34. The number of pyridine rings is 1. The molecule has 1 aromatic rings. The van der Waals surface area contributed by atoms with Crippen LogP contribution in [0.4, 0.5) is 4.39 Å². The van der Waals surface area contributed by atoms with Crippen LogP contribution >= 0.6 is 0 Å². The lowest BCUT2D eigenvalue weighted by Crippen LogP contribution is -2.44. The van der Waals surface area contributed by atoms with Gasteiger partial charge in [0.15, 0.2) is 16.9 Å². The van der Waals surface area contributed by atoms with E-state index in [1.807, 2.05) is 4.57 Å². The van der Waals surface area contributed by atoms with Crippen molar-refractivity contribution in [2.24, 2.45) is 5.92 Å². The third kappa shape index (κ3) is 2.95. The van der Waals surface area contributed by atoms with Gasteiger partial charge < -0.3 is 24.6 Å². The number of rotatable bonds is 4. The number of likely N-dealkylation sites (tertiary alicyclic amines) is 1. The van der Waals surface area contributed by atoms with Gasteiger partial charge >= 0.3 is 5.97 Å². The Hall–Kier alpha value is -2.35. The predicted octanol–water partition coefficient (Wildman–Crippen LogP) is 2.16. The fourth-order valence-electron chi connectivity index (χ4n) is 5.56. The second-order valence-electron chi connectivity index (χ2n) is 9.27. The summed E-state index contributed by atoms with van der Waals surface area (Å²) in [7, 11) is 1.51. The van der Waals surface area contributed by atoms with Crippen molar-refractivity contribution in [2.75, 3.05) is 26.7 Å². The number of carboxylic acids is 1. The molecule has 7 nitrogen and oxygen atoms in total. The van der Waals surface area contributed by atoms with Gasteiger partial charge in [-0.2, -0.15) is 0 Å². The topological polar surface area (TPSA) is 83.8 Å². The number of alkyl halides is 1. The van der Waals surface area contributed by atoms with Crippen molar-refractivity contribution in [3.8, 4) is 0 Å². The second-order valence-corrected chi connectivity index (χ2v) is 9.27. The third-order valence-electron chi connectivity index (χ3n) is 7.05. The third-order valence-corrected chi connectivity index (χ3v) is 7.05. The normalized spacial score (nSPS) is 30.8. The van der Waals surface area contributed by atoms with Crippen LogP contribution < -0.4 is 10.7 Å². The van der Waals surface area contributed by atoms with Gasteiger partial charge in [-0.05, 0) is 45.1 Å². The molecule has 3 atom stereocenters. The highest BCUT2D eigenvalue weighted by Crippen LogP contribution is 2.46. The zero-order chi connectivity index (χ0) is 21.2. The molecular formula is C22H28FN3O4. The number of carboxylic acid groups (broad SMARTS) is 1. The van der Waals surface area contributed by atoms with E-state index in [-0.39, 0.29) is 23.6 Å². The van der Waals surface area contributed by atoms with Crippen LogP contribution in [0.3, 0.4) is 0 Å². The minimum absolute atomic E-state index is 0.121. The predicted molar refractivity (Wildman–Crippen MR) is 109 cm³/mol. The Kier molecular flexibility index (Phi) is 4.47. The molecule has 3 heterocycles. The fraction of sp³-hybridized carbons (Fsp3) is 0.636. The largest absolute Gasteiger partial charge is 0.493 e. The molecule has 2 N–H and O–H groups in total. The Morgan fingerprint density at radius 1 is 1.33 bits per heavy atom. The van der Waals surface area contributed by atoms with E-state index in [0.717, 1.165) is 38.8 Å². The van der Waals surface area contributed by atoms with E-state index >= 15 is 4.39 Å². The smallest absolute Gasteiger partial charge is 0.341 e. The van der Waals surface area contributed by atoms with Crippen LogP contribution in [0, 0.1) is 5.92 Å². The Bertz CT molecular complexity index is 981. The van der Waals surface area contributed by atoms with Crippen molar-refractivity contribution in [1.82, 2.24) is 14.8 Å². The molecule has 1 aromatic heterocycles. The molecule has 2 aliphatic heterocycles. The number of nitrogens with one attached hydrogen (secondary N) is 1. The number of nitrogens with zero attached hydrogens (tertiary/aromatic N) is 2. The first-order valence-electron chi connectivity index (χ1n) is 10.8. The van der Waals surface area contributed by atoms with Crippen LogP contribution in [0.2, 0.25) is 0 Å². The summed E-state index contributed by atoms with van der Waals surface area (Å²) in [5.74, 6) is -0.427. The zero-order valence-corrected chi connectivity index (χ0v) is 17.4. The molecule has 0 radical (unpaired) electrons. The Morgan fingerprint density at radius 3 is 2.73 bits per heavy atom. The second kappa shape index (κ2) is 6.83. The van der Waals surface area contributed by atoms with Gasteiger partial charge in [-0.1, -0.05) is 0 Å².